The van der Waals surface area contributed by atoms with E-state index in [0.29, 0.717) is 11.5 Å². The van der Waals surface area contributed by atoms with Crippen molar-refractivity contribution in [2.75, 3.05) is 50.5 Å². The van der Waals surface area contributed by atoms with Gasteiger partial charge < -0.3 is 15.4 Å². The lowest BCUT2D eigenvalue weighted by atomic mass is 10.1. The van der Waals surface area contributed by atoms with Gasteiger partial charge >= 0.3 is 5.97 Å². The smallest absolute Gasteiger partial charge is 0.338 e. The maximum absolute atomic E-state index is 14.0. The monoisotopic (exact) mass is 487 g/mol. The average Bonchev–Trinajstić information content (AvgIpc) is 3.18. The van der Waals surface area contributed by atoms with E-state index in [1.807, 2.05) is 13.0 Å². The first-order chi connectivity index (χ1) is 15.9. The van der Waals surface area contributed by atoms with Crippen LogP contribution in [0.1, 0.15) is 21.6 Å². The van der Waals surface area contributed by atoms with E-state index < -0.39 is 11.8 Å². The molecule has 1 aliphatic heterocycles. The Morgan fingerprint density at radius 3 is 2.71 bits per heavy atom. The van der Waals surface area contributed by atoms with Gasteiger partial charge in [0.2, 0.25) is 5.95 Å². The van der Waals surface area contributed by atoms with E-state index >= 15 is 0 Å². The van der Waals surface area contributed by atoms with Crippen molar-refractivity contribution in [3.05, 3.63) is 65.4 Å². The third-order valence-corrected chi connectivity index (χ3v) is 5.63. The molecule has 1 aromatic carbocycles. The Bertz CT molecular complexity index is 1180. The van der Waals surface area contributed by atoms with Crippen molar-refractivity contribution in [1.82, 2.24) is 24.6 Å². The van der Waals surface area contributed by atoms with Crippen LogP contribution in [0.4, 0.5) is 16.0 Å². The molecule has 0 bridgehead atoms. The molecule has 0 saturated carbocycles. The predicted octanol–water partition coefficient (Wildman–Crippen LogP) is 2.74. The second kappa shape index (κ2) is 11.1. The molecular formula is C23H27ClFN7O2. The van der Waals surface area contributed by atoms with Gasteiger partial charge in [-0.2, -0.15) is 10.1 Å². The Labute approximate surface area is 203 Å². The minimum absolute atomic E-state index is 0. The number of methoxy groups -OCH3 is 1. The van der Waals surface area contributed by atoms with Crippen LogP contribution in [0.25, 0.3) is 11.9 Å². The zero-order valence-electron chi connectivity index (χ0n) is 19.0. The maximum atomic E-state index is 14.0. The molecule has 0 unspecified atom stereocenters. The largest absolute Gasteiger partial charge is 0.465 e. The number of halogens is 2. The number of carbonyl (C=O) groups excluding carboxylic acids is 1. The first kappa shape index (κ1) is 25.1. The van der Waals surface area contributed by atoms with Crippen molar-refractivity contribution < 1.29 is 13.9 Å². The summed E-state index contributed by atoms with van der Waals surface area (Å²) in [6, 6.07) is 6.08. The summed E-state index contributed by atoms with van der Waals surface area (Å²) in [6.45, 7) is 5.90. The van der Waals surface area contributed by atoms with Gasteiger partial charge in [0.1, 0.15) is 5.82 Å². The molecule has 1 saturated heterocycles. The highest BCUT2D eigenvalue weighted by molar-refractivity contribution is 5.90. The van der Waals surface area contributed by atoms with Crippen LogP contribution < -0.4 is 10.6 Å². The minimum atomic E-state index is -0.540. The molecule has 3 heterocycles. The summed E-state index contributed by atoms with van der Waals surface area (Å²) in [4.78, 5) is 24.3. The SMILES string of the molecule is COC(=O)c1cc(F)cc(N2CCN(CC=Cc3cnn(-c4ccnc(N)n4)c3C)CC2)c1.Cl. The van der Waals surface area contributed by atoms with E-state index in [9.17, 15) is 9.18 Å². The van der Waals surface area contributed by atoms with Gasteiger partial charge in [0.15, 0.2) is 5.82 Å². The van der Waals surface area contributed by atoms with Crippen molar-refractivity contribution in [2.45, 2.75) is 6.92 Å². The molecule has 0 aliphatic carbocycles. The molecule has 180 valence electrons. The molecule has 2 N–H and O–H groups in total. The first-order valence-corrected chi connectivity index (χ1v) is 10.6. The lowest BCUT2D eigenvalue weighted by molar-refractivity contribution is 0.0600. The van der Waals surface area contributed by atoms with Crippen LogP contribution in [0.2, 0.25) is 0 Å². The second-order valence-corrected chi connectivity index (χ2v) is 7.75. The summed E-state index contributed by atoms with van der Waals surface area (Å²) in [6.07, 6.45) is 7.56. The van der Waals surface area contributed by atoms with Gasteiger partial charge in [-0.15, -0.1) is 12.4 Å². The van der Waals surface area contributed by atoms with E-state index in [2.05, 4.69) is 30.9 Å². The molecule has 0 amide bonds. The number of rotatable bonds is 6. The molecule has 0 spiro atoms. The lowest BCUT2D eigenvalue weighted by Gasteiger charge is -2.35. The molecule has 0 radical (unpaired) electrons. The van der Waals surface area contributed by atoms with E-state index in [-0.39, 0.29) is 23.9 Å². The first-order valence-electron chi connectivity index (χ1n) is 10.6. The molecule has 11 heteroatoms. The molecule has 4 rings (SSSR count). The number of benzene rings is 1. The summed E-state index contributed by atoms with van der Waals surface area (Å²) in [5.41, 5.74) is 8.55. The Kier molecular flexibility index (Phi) is 8.19. The third-order valence-electron chi connectivity index (χ3n) is 5.63. The van der Waals surface area contributed by atoms with Crippen molar-refractivity contribution in [1.29, 1.82) is 0 Å². The highest BCUT2D eigenvalue weighted by atomic mass is 35.5. The highest BCUT2D eigenvalue weighted by Crippen LogP contribution is 2.21. The Hall–Kier alpha value is -3.50. The Morgan fingerprint density at radius 1 is 1.24 bits per heavy atom. The van der Waals surface area contributed by atoms with Crippen LogP contribution in [0.15, 0.2) is 42.7 Å². The number of hydrogen-bond acceptors (Lipinski definition) is 8. The van der Waals surface area contributed by atoms with Crippen LogP contribution in [-0.2, 0) is 4.74 Å². The molecule has 1 aliphatic rings. The minimum Gasteiger partial charge on any atom is -0.465 e. The van der Waals surface area contributed by atoms with Gasteiger partial charge in [-0.3, -0.25) is 4.90 Å². The van der Waals surface area contributed by atoms with Crippen molar-refractivity contribution >= 4 is 36.1 Å². The Morgan fingerprint density at radius 2 is 2.00 bits per heavy atom. The van der Waals surface area contributed by atoms with E-state index in [0.717, 1.165) is 44.0 Å². The lowest BCUT2D eigenvalue weighted by Crippen LogP contribution is -2.46. The van der Waals surface area contributed by atoms with Gasteiger partial charge in [-0.05, 0) is 25.1 Å². The fraction of sp³-hybridized carbons (Fsp3) is 0.304. The van der Waals surface area contributed by atoms with E-state index in [1.54, 1.807) is 29.2 Å². The quantitative estimate of drug-likeness (QED) is 0.529. The fourth-order valence-electron chi connectivity index (χ4n) is 3.81. The Balaban J connectivity index is 0.00000324. The normalized spacial score (nSPS) is 14.3. The van der Waals surface area contributed by atoms with Crippen LogP contribution in [0.5, 0.6) is 0 Å². The molecular weight excluding hydrogens is 461 g/mol. The molecule has 3 aromatic rings. The van der Waals surface area contributed by atoms with E-state index in [1.165, 1.54) is 19.2 Å². The number of ether oxygens (including phenoxy) is 1. The molecule has 9 nitrogen and oxygen atoms in total. The van der Waals surface area contributed by atoms with Gasteiger partial charge in [0.25, 0.3) is 0 Å². The number of nitrogens with zero attached hydrogens (tertiary/aromatic N) is 6. The fourth-order valence-corrected chi connectivity index (χ4v) is 3.81. The van der Waals surface area contributed by atoms with Gasteiger partial charge in [-0.1, -0.05) is 12.2 Å². The van der Waals surface area contributed by atoms with Gasteiger partial charge in [-0.25, -0.2) is 18.9 Å². The predicted molar refractivity (Wildman–Crippen MR) is 131 cm³/mol. The summed E-state index contributed by atoms with van der Waals surface area (Å²) in [7, 11) is 1.29. The van der Waals surface area contributed by atoms with Crippen LogP contribution in [0.3, 0.4) is 0 Å². The number of nitrogens with two attached hydrogens (primary N) is 1. The van der Waals surface area contributed by atoms with Crippen LogP contribution in [-0.4, -0.2) is 70.5 Å². The maximum Gasteiger partial charge on any atom is 0.338 e. The van der Waals surface area contributed by atoms with Crippen molar-refractivity contribution in [3.8, 4) is 5.82 Å². The standard InChI is InChI=1S/C23H26FN7O2.ClH/c1-16-17(15-27-31(16)21-5-6-26-23(25)28-21)4-3-7-29-8-10-30(11-9-29)20-13-18(22(32)33-2)12-19(24)14-20;/h3-6,12-15H,7-11H2,1-2H3,(H2,25,26,28);1H. The van der Waals surface area contributed by atoms with Gasteiger partial charge in [0.05, 0.1) is 24.6 Å². The third kappa shape index (κ3) is 5.70. The second-order valence-electron chi connectivity index (χ2n) is 7.75. The number of anilines is 2. The summed E-state index contributed by atoms with van der Waals surface area (Å²) in [5.74, 6) is -0.151. The number of esters is 1. The number of nitrogen functional groups attached to an aromatic ring is 1. The number of aromatic nitrogens is 4. The summed E-state index contributed by atoms with van der Waals surface area (Å²) >= 11 is 0. The van der Waals surface area contributed by atoms with Crippen LogP contribution >= 0.6 is 12.4 Å². The summed E-state index contributed by atoms with van der Waals surface area (Å²) < 4.78 is 20.4. The topological polar surface area (TPSA) is 102 Å². The highest BCUT2D eigenvalue weighted by Gasteiger charge is 2.19. The molecule has 1 fully saturated rings. The summed E-state index contributed by atoms with van der Waals surface area (Å²) in [5, 5.41) is 4.40. The van der Waals surface area contributed by atoms with Crippen molar-refractivity contribution in [3.63, 3.8) is 0 Å². The van der Waals surface area contributed by atoms with Crippen molar-refractivity contribution in [2.24, 2.45) is 0 Å². The molecule has 2 aromatic heterocycles. The van der Waals surface area contributed by atoms with E-state index in [4.69, 9.17) is 10.5 Å². The zero-order valence-corrected chi connectivity index (χ0v) is 19.8. The van der Waals surface area contributed by atoms with Gasteiger partial charge in [0, 0.05) is 56.2 Å². The average molecular weight is 488 g/mol. The molecule has 34 heavy (non-hydrogen) atoms. The number of carbonyl (C=O) groups is 1. The zero-order chi connectivity index (χ0) is 23.4. The number of piperazine rings is 1. The van der Waals surface area contributed by atoms with Crippen LogP contribution in [0, 0.1) is 12.7 Å². The number of hydrogen-bond donors (Lipinski definition) is 1. The molecule has 0 atom stereocenters.